The van der Waals surface area contributed by atoms with Gasteiger partial charge in [0.05, 0.1) is 23.1 Å². The topological polar surface area (TPSA) is 92.8 Å². The second kappa shape index (κ2) is 8.24. The maximum atomic E-state index is 13.1. The van der Waals surface area contributed by atoms with Gasteiger partial charge in [0.25, 0.3) is 5.91 Å². The zero-order valence-corrected chi connectivity index (χ0v) is 19.3. The van der Waals surface area contributed by atoms with Crippen molar-refractivity contribution in [2.24, 2.45) is 23.7 Å². The summed E-state index contributed by atoms with van der Waals surface area (Å²) in [7, 11) is 0. The van der Waals surface area contributed by atoms with E-state index in [0.717, 1.165) is 17.5 Å². The summed E-state index contributed by atoms with van der Waals surface area (Å²) in [6.45, 7) is 5.42. The average molecular weight is 459 g/mol. The van der Waals surface area contributed by atoms with Gasteiger partial charge in [0.15, 0.2) is 6.61 Å². The summed E-state index contributed by atoms with van der Waals surface area (Å²) in [5.41, 5.74) is 4.49. The molecule has 0 aromatic heterocycles. The Hall–Kier alpha value is -3.74. The first-order valence-corrected chi connectivity index (χ1v) is 11.4. The van der Waals surface area contributed by atoms with Crippen LogP contribution in [0.1, 0.15) is 34.8 Å². The maximum absolute atomic E-state index is 13.1. The van der Waals surface area contributed by atoms with Crippen molar-refractivity contribution in [3.63, 3.8) is 0 Å². The van der Waals surface area contributed by atoms with Gasteiger partial charge in [-0.15, -0.1) is 0 Å². The molecule has 174 valence electrons. The number of rotatable bonds is 5. The van der Waals surface area contributed by atoms with E-state index in [1.165, 1.54) is 22.6 Å². The Labute approximate surface area is 197 Å². The van der Waals surface area contributed by atoms with Crippen LogP contribution in [0.3, 0.4) is 0 Å². The van der Waals surface area contributed by atoms with Gasteiger partial charge in [-0.1, -0.05) is 23.8 Å². The lowest BCUT2D eigenvalue weighted by molar-refractivity contribution is -0.123. The molecule has 4 atom stereocenters. The number of anilines is 2. The lowest BCUT2D eigenvalue weighted by Gasteiger charge is -2.19. The van der Waals surface area contributed by atoms with Crippen LogP contribution in [-0.4, -0.2) is 30.3 Å². The molecule has 2 fully saturated rings. The number of ether oxygens (including phenoxy) is 1. The molecule has 34 heavy (non-hydrogen) atoms. The molecular formula is C27H26N2O5. The van der Waals surface area contributed by atoms with Crippen molar-refractivity contribution in [3.05, 3.63) is 70.8 Å². The number of fused-ring (bicyclic) bond motifs is 5. The zero-order chi connectivity index (χ0) is 24.1. The van der Waals surface area contributed by atoms with E-state index < -0.39 is 18.5 Å². The number of benzene rings is 2. The quantitative estimate of drug-likeness (QED) is 0.418. The van der Waals surface area contributed by atoms with E-state index >= 15 is 0 Å². The molecule has 2 bridgehead atoms. The van der Waals surface area contributed by atoms with Gasteiger partial charge in [0.1, 0.15) is 0 Å². The van der Waals surface area contributed by atoms with Gasteiger partial charge >= 0.3 is 5.97 Å². The molecule has 7 heteroatoms. The van der Waals surface area contributed by atoms with Crippen LogP contribution in [0, 0.1) is 37.5 Å². The predicted molar refractivity (Wildman–Crippen MR) is 126 cm³/mol. The van der Waals surface area contributed by atoms with E-state index in [0.29, 0.717) is 11.4 Å². The van der Waals surface area contributed by atoms with Crippen molar-refractivity contribution in [1.29, 1.82) is 0 Å². The molecule has 5 rings (SSSR count). The fourth-order valence-electron chi connectivity index (χ4n) is 5.55. The molecule has 0 radical (unpaired) electrons. The van der Waals surface area contributed by atoms with Gasteiger partial charge in [-0.2, -0.15) is 0 Å². The van der Waals surface area contributed by atoms with Crippen molar-refractivity contribution in [2.75, 3.05) is 16.8 Å². The number of nitrogens with one attached hydrogen (secondary N) is 1. The molecule has 1 aliphatic heterocycles. The molecule has 0 unspecified atom stereocenters. The fourth-order valence-corrected chi connectivity index (χ4v) is 5.55. The minimum atomic E-state index is -0.656. The number of carbonyl (C=O) groups is 4. The third kappa shape index (κ3) is 3.61. The smallest absolute Gasteiger partial charge is 0.338 e. The van der Waals surface area contributed by atoms with Crippen molar-refractivity contribution >= 4 is 35.1 Å². The third-order valence-electron chi connectivity index (χ3n) is 7.24. The zero-order valence-electron chi connectivity index (χ0n) is 19.3. The lowest BCUT2D eigenvalue weighted by atomic mass is 9.82. The number of carbonyl (C=O) groups excluding carboxylic acids is 4. The van der Waals surface area contributed by atoms with Crippen molar-refractivity contribution in [2.45, 2.75) is 27.2 Å². The largest absolute Gasteiger partial charge is 0.452 e. The fraction of sp³-hybridized carbons (Fsp3) is 0.333. The summed E-state index contributed by atoms with van der Waals surface area (Å²) < 4.78 is 5.14. The van der Waals surface area contributed by atoms with Crippen molar-refractivity contribution in [1.82, 2.24) is 0 Å². The molecule has 2 aromatic carbocycles. The Bertz CT molecular complexity index is 1250. The summed E-state index contributed by atoms with van der Waals surface area (Å²) in [4.78, 5) is 52.0. The van der Waals surface area contributed by atoms with Crippen molar-refractivity contribution < 1.29 is 23.9 Å². The second-order valence-corrected chi connectivity index (χ2v) is 9.47. The van der Waals surface area contributed by atoms with E-state index in [1.54, 1.807) is 12.1 Å². The summed E-state index contributed by atoms with van der Waals surface area (Å²) in [5, 5.41) is 2.75. The van der Waals surface area contributed by atoms with E-state index in [9.17, 15) is 19.2 Å². The van der Waals surface area contributed by atoms with E-state index in [1.807, 2.05) is 39.0 Å². The van der Waals surface area contributed by atoms with Gasteiger partial charge in [-0.25, -0.2) is 4.79 Å². The first-order valence-electron chi connectivity index (χ1n) is 11.4. The van der Waals surface area contributed by atoms with Crippen LogP contribution in [-0.2, 0) is 19.1 Å². The van der Waals surface area contributed by atoms with E-state index in [2.05, 4.69) is 11.4 Å². The lowest BCUT2D eigenvalue weighted by Crippen LogP contribution is -2.33. The number of aryl methyl sites for hydroxylation is 2. The number of allylic oxidation sites excluding steroid dienone is 2. The monoisotopic (exact) mass is 458 g/mol. The van der Waals surface area contributed by atoms with Crippen LogP contribution < -0.4 is 10.2 Å². The Kier molecular flexibility index (Phi) is 5.35. The molecule has 2 aliphatic carbocycles. The van der Waals surface area contributed by atoms with E-state index in [4.69, 9.17) is 4.74 Å². The molecule has 1 heterocycles. The first kappa shape index (κ1) is 22.1. The van der Waals surface area contributed by atoms with Crippen LogP contribution in [0.25, 0.3) is 0 Å². The van der Waals surface area contributed by atoms with Crippen LogP contribution in [0.4, 0.5) is 11.4 Å². The summed E-state index contributed by atoms with van der Waals surface area (Å²) >= 11 is 0. The molecule has 1 saturated carbocycles. The van der Waals surface area contributed by atoms with Gasteiger partial charge in [-0.05, 0) is 80.5 Å². The van der Waals surface area contributed by atoms with E-state index in [-0.39, 0.29) is 41.0 Å². The summed E-state index contributed by atoms with van der Waals surface area (Å²) in [6.07, 6.45) is 3.02. The predicted octanol–water partition coefficient (Wildman–Crippen LogP) is 3.80. The van der Waals surface area contributed by atoms with Gasteiger partial charge in [0.2, 0.25) is 11.8 Å². The number of nitrogens with zero attached hydrogens (tertiary/aromatic N) is 1. The minimum absolute atomic E-state index is 0.139. The molecule has 7 nitrogen and oxygen atoms in total. The second-order valence-electron chi connectivity index (χ2n) is 9.47. The molecular weight excluding hydrogens is 432 g/mol. The Morgan fingerprint density at radius 1 is 1.00 bits per heavy atom. The number of amides is 3. The van der Waals surface area contributed by atoms with Crippen LogP contribution >= 0.6 is 0 Å². The molecule has 0 spiro atoms. The molecule has 3 amide bonds. The molecule has 2 aromatic rings. The Morgan fingerprint density at radius 2 is 1.71 bits per heavy atom. The number of esters is 1. The summed E-state index contributed by atoms with van der Waals surface area (Å²) in [5.74, 6) is -1.67. The van der Waals surface area contributed by atoms with Crippen molar-refractivity contribution in [3.8, 4) is 0 Å². The van der Waals surface area contributed by atoms with Gasteiger partial charge in [-0.3, -0.25) is 19.3 Å². The highest BCUT2D eigenvalue weighted by atomic mass is 16.5. The van der Waals surface area contributed by atoms with Gasteiger partial charge in [0, 0.05) is 5.69 Å². The molecule has 3 aliphatic rings. The Balaban J connectivity index is 1.21. The molecule has 1 N–H and O–H groups in total. The number of imide groups is 1. The SMILES string of the molecule is CC1=C[C@H]2C[C@H]1[C@@H]1C(=O)N(c3ccc(C(=O)OCC(=O)Nc4cc(C)ccc4C)cc3)C(=O)[C@H]12. The highest BCUT2D eigenvalue weighted by Crippen LogP contribution is 2.55. The minimum Gasteiger partial charge on any atom is -0.452 e. The first-order chi connectivity index (χ1) is 16.2. The van der Waals surface area contributed by atoms with Crippen LogP contribution in [0.5, 0.6) is 0 Å². The van der Waals surface area contributed by atoms with Crippen LogP contribution in [0.2, 0.25) is 0 Å². The van der Waals surface area contributed by atoms with Crippen LogP contribution in [0.15, 0.2) is 54.1 Å². The highest BCUT2D eigenvalue weighted by Gasteiger charge is 2.60. The summed E-state index contributed by atoms with van der Waals surface area (Å²) in [6, 6.07) is 11.9. The third-order valence-corrected chi connectivity index (χ3v) is 7.24. The van der Waals surface area contributed by atoms with Gasteiger partial charge < -0.3 is 10.1 Å². The normalized spacial score (nSPS) is 24.8. The highest BCUT2D eigenvalue weighted by molar-refractivity contribution is 6.23. The standard InChI is InChI=1S/C27H26N2O5/c1-14-4-5-15(2)21(10-14)28-22(30)13-34-27(33)17-6-8-19(9-7-17)29-25(31)23-18-11-16(3)20(12-18)24(23)26(29)32/h4-11,18,20,23-24H,12-13H2,1-3H3,(H,28,30)/t18-,20+,23-,24-/m0/s1. The number of hydrogen-bond acceptors (Lipinski definition) is 5. The molecule has 1 saturated heterocycles. The maximum Gasteiger partial charge on any atom is 0.338 e. The average Bonchev–Trinajstić information content (AvgIpc) is 3.45. The Morgan fingerprint density at radius 3 is 2.44 bits per heavy atom. The number of hydrogen-bond donors (Lipinski definition) is 1.